The topological polar surface area (TPSA) is 25.2 Å². The second-order valence-corrected chi connectivity index (χ2v) is 4.98. The van der Waals surface area contributed by atoms with Gasteiger partial charge >= 0.3 is 0 Å². The smallest absolute Gasteiger partial charge is 0.192 e. The summed E-state index contributed by atoms with van der Waals surface area (Å²) in [5.41, 5.74) is 2.38. The fourth-order valence-corrected chi connectivity index (χ4v) is 2.55. The molecule has 1 heterocycles. The number of aromatic hydroxyl groups is 1. The second-order valence-electron chi connectivity index (χ2n) is 4.98. The van der Waals surface area contributed by atoms with Gasteiger partial charge < -0.3 is 9.67 Å². The third-order valence-corrected chi connectivity index (χ3v) is 3.61. The SMILES string of the molecule is CC(Cn1c(O)cc2ccccc21)c1ccccc1. The Morgan fingerprint density at radius 3 is 2.47 bits per heavy atom. The lowest BCUT2D eigenvalue weighted by Gasteiger charge is -2.14. The van der Waals surface area contributed by atoms with Crippen LogP contribution in [0.2, 0.25) is 0 Å². The Kier molecular flexibility index (Phi) is 3.00. The summed E-state index contributed by atoms with van der Waals surface area (Å²) in [7, 11) is 0. The highest BCUT2D eigenvalue weighted by Crippen LogP contribution is 2.27. The highest BCUT2D eigenvalue weighted by molar-refractivity contribution is 5.82. The molecule has 0 aliphatic carbocycles. The van der Waals surface area contributed by atoms with Crippen molar-refractivity contribution in [1.82, 2.24) is 4.57 Å². The molecule has 1 N–H and O–H groups in total. The molecule has 2 nitrogen and oxygen atoms in total. The van der Waals surface area contributed by atoms with E-state index in [-0.39, 0.29) is 0 Å². The summed E-state index contributed by atoms with van der Waals surface area (Å²) in [6.07, 6.45) is 0. The number of aromatic nitrogens is 1. The Hall–Kier alpha value is -2.22. The molecule has 0 aliphatic rings. The van der Waals surface area contributed by atoms with Crippen LogP contribution in [0.5, 0.6) is 5.88 Å². The zero-order valence-electron chi connectivity index (χ0n) is 11.0. The summed E-state index contributed by atoms with van der Waals surface area (Å²) >= 11 is 0. The summed E-state index contributed by atoms with van der Waals surface area (Å²) in [5.74, 6) is 0.701. The van der Waals surface area contributed by atoms with Crippen LogP contribution in [0.15, 0.2) is 60.7 Å². The molecule has 0 fully saturated rings. The summed E-state index contributed by atoms with van der Waals surface area (Å²) < 4.78 is 1.98. The quantitative estimate of drug-likeness (QED) is 0.743. The first-order valence-corrected chi connectivity index (χ1v) is 6.58. The van der Waals surface area contributed by atoms with Crippen molar-refractivity contribution < 1.29 is 5.11 Å². The first-order valence-electron chi connectivity index (χ1n) is 6.58. The van der Waals surface area contributed by atoms with Gasteiger partial charge in [-0.25, -0.2) is 0 Å². The molecule has 1 atom stereocenters. The van der Waals surface area contributed by atoms with E-state index in [4.69, 9.17) is 0 Å². The molecule has 0 radical (unpaired) electrons. The van der Waals surface area contributed by atoms with Crippen molar-refractivity contribution in [3.05, 3.63) is 66.2 Å². The molecule has 1 aromatic heterocycles. The molecular formula is C17H17NO. The van der Waals surface area contributed by atoms with E-state index in [9.17, 15) is 5.11 Å². The van der Waals surface area contributed by atoms with Crippen molar-refractivity contribution in [2.75, 3.05) is 0 Å². The standard InChI is InChI=1S/C17H17NO/c1-13(14-7-3-2-4-8-14)12-18-16-10-6-5-9-15(16)11-17(18)19/h2-11,13,19H,12H2,1H3. The van der Waals surface area contributed by atoms with E-state index in [2.05, 4.69) is 31.2 Å². The van der Waals surface area contributed by atoms with Crippen molar-refractivity contribution in [2.24, 2.45) is 0 Å². The van der Waals surface area contributed by atoms with Gasteiger partial charge in [0.1, 0.15) is 0 Å². The van der Waals surface area contributed by atoms with E-state index < -0.39 is 0 Å². The van der Waals surface area contributed by atoms with Gasteiger partial charge in [-0.15, -0.1) is 0 Å². The van der Waals surface area contributed by atoms with Crippen LogP contribution >= 0.6 is 0 Å². The molecule has 0 saturated carbocycles. The molecule has 0 saturated heterocycles. The molecule has 0 aliphatic heterocycles. The molecule has 3 aromatic rings. The molecule has 2 heteroatoms. The van der Waals surface area contributed by atoms with Crippen LogP contribution in [0, 0.1) is 0 Å². The summed E-state index contributed by atoms with van der Waals surface area (Å²) in [5, 5.41) is 11.2. The van der Waals surface area contributed by atoms with Gasteiger partial charge in [0.15, 0.2) is 5.88 Å². The van der Waals surface area contributed by atoms with Crippen molar-refractivity contribution in [3.8, 4) is 5.88 Å². The van der Waals surface area contributed by atoms with Crippen molar-refractivity contribution in [3.63, 3.8) is 0 Å². The van der Waals surface area contributed by atoms with E-state index in [1.165, 1.54) is 5.56 Å². The van der Waals surface area contributed by atoms with Gasteiger partial charge in [0, 0.05) is 18.0 Å². The van der Waals surface area contributed by atoms with Gasteiger partial charge in [0.05, 0.1) is 5.52 Å². The van der Waals surface area contributed by atoms with Gasteiger partial charge in [0.25, 0.3) is 0 Å². The van der Waals surface area contributed by atoms with Crippen LogP contribution < -0.4 is 0 Å². The predicted molar refractivity (Wildman–Crippen MR) is 78.5 cm³/mol. The van der Waals surface area contributed by atoms with E-state index in [1.807, 2.05) is 41.0 Å². The van der Waals surface area contributed by atoms with E-state index in [0.29, 0.717) is 11.8 Å². The van der Waals surface area contributed by atoms with E-state index in [1.54, 1.807) is 0 Å². The lowest BCUT2D eigenvalue weighted by Crippen LogP contribution is -2.05. The van der Waals surface area contributed by atoms with Crippen molar-refractivity contribution >= 4 is 10.9 Å². The lowest BCUT2D eigenvalue weighted by atomic mass is 10.0. The molecule has 0 spiro atoms. The molecular weight excluding hydrogens is 234 g/mol. The maximum absolute atomic E-state index is 10.1. The third-order valence-electron chi connectivity index (χ3n) is 3.61. The number of hydrogen-bond donors (Lipinski definition) is 1. The minimum Gasteiger partial charge on any atom is -0.494 e. The molecule has 0 amide bonds. The van der Waals surface area contributed by atoms with E-state index >= 15 is 0 Å². The highest BCUT2D eigenvalue weighted by Gasteiger charge is 2.11. The van der Waals surface area contributed by atoms with Crippen LogP contribution in [0.1, 0.15) is 18.4 Å². The van der Waals surface area contributed by atoms with Crippen LogP contribution in [0.25, 0.3) is 10.9 Å². The maximum Gasteiger partial charge on any atom is 0.192 e. The average molecular weight is 251 g/mol. The summed E-state index contributed by atoms with van der Waals surface area (Å²) in [6.45, 7) is 2.97. The van der Waals surface area contributed by atoms with E-state index in [0.717, 1.165) is 17.4 Å². The zero-order valence-corrected chi connectivity index (χ0v) is 11.0. The number of rotatable bonds is 3. The average Bonchev–Trinajstić information content (AvgIpc) is 2.76. The molecule has 1 unspecified atom stereocenters. The van der Waals surface area contributed by atoms with Crippen molar-refractivity contribution in [2.45, 2.75) is 19.4 Å². The molecule has 96 valence electrons. The predicted octanol–water partition coefficient (Wildman–Crippen LogP) is 4.15. The van der Waals surface area contributed by atoms with Crippen LogP contribution in [0.3, 0.4) is 0 Å². The maximum atomic E-state index is 10.1. The van der Waals surface area contributed by atoms with Crippen LogP contribution in [-0.4, -0.2) is 9.67 Å². The zero-order chi connectivity index (χ0) is 13.2. The van der Waals surface area contributed by atoms with Crippen LogP contribution in [-0.2, 0) is 6.54 Å². The first-order chi connectivity index (χ1) is 9.25. The Labute approximate surface area is 112 Å². The van der Waals surface area contributed by atoms with Gasteiger partial charge in [-0.1, -0.05) is 55.5 Å². The first kappa shape index (κ1) is 11.8. The third kappa shape index (κ3) is 2.22. The Balaban J connectivity index is 1.95. The molecule has 19 heavy (non-hydrogen) atoms. The number of hydrogen-bond acceptors (Lipinski definition) is 1. The van der Waals surface area contributed by atoms with Crippen LogP contribution in [0.4, 0.5) is 0 Å². The fraction of sp³-hybridized carbons (Fsp3) is 0.176. The molecule has 2 aromatic carbocycles. The Bertz CT molecular complexity index is 685. The number of para-hydroxylation sites is 1. The second kappa shape index (κ2) is 4.81. The molecule has 3 rings (SSSR count). The minimum absolute atomic E-state index is 0.337. The highest BCUT2D eigenvalue weighted by atomic mass is 16.3. The normalized spacial score (nSPS) is 12.7. The number of benzene rings is 2. The van der Waals surface area contributed by atoms with Crippen molar-refractivity contribution in [1.29, 1.82) is 0 Å². The van der Waals surface area contributed by atoms with Gasteiger partial charge in [-0.05, 0) is 17.5 Å². The van der Waals surface area contributed by atoms with Gasteiger partial charge in [0.2, 0.25) is 0 Å². The minimum atomic E-state index is 0.337. The Morgan fingerprint density at radius 2 is 1.68 bits per heavy atom. The summed E-state index contributed by atoms with van der Waals surface area (Å²) in [6, 6.07) is 20.3. The largest absolute Gasteiger partial charge is 0.494 e. The molecule has 0 bridgehead atoms. The fourth-order valence-electron chi connectivity index (χ4n) is 2.55. The summed E-state index contributed by atoms with van der Waals surface area (Å²) in [4.78, 5) is 0. The number of nitrogens with zero attached hydrogens (tertiary/aromatic N) is 1. The monoisotopic (exact) mass is 251 g/mol. The van der Waals surface area contributed by atoms with Gasteiger partial charge in [-0.3, -0.25) is 0 Å². The van der Waals surface area contributed by atoms with Gasteiger partial charge in [-0.2, -0.15) is 0 Å². The number of fused-ring (bicyclic) bond motifs is 1. The Morgan fingerprint density at radius 1 is 1.00 bits per heavy atom. The lowest BCUT2D eigenvalue weighted by molar-refractivity contribution is 0.412.